The Morgan fingerprint density at radius 1 is 1.04 bits per heavy atom. The Labute approximate surface area is 163 Å². The number of carbonyl (C=O) groups excluding carboxylic acids is 1. The second-order valence-corrected chi connectivity index (χ2v) is 6.65. The van der Waals surface area contributed by atoms with Gasteiger partial charge in [-0.2, -0.15) is 4.98 Å². The van der Waals surface area contributed by atoms with E-state index in [2.05, 4.69) is 15.5 Å². The molecule has 6 nitrogen and oxygen atoms in total. The Morgan fingerprint density at radius 2 is 1.70 bits per heavy atom. The van der Waals surface area contributed by atoms with Gasteiger partial charge in [0.15, 0.2) is 5.82 Å². The maximum atomic E-state index is 12.5. The van der Waals surface area contributed by atoms with Gasteiger partial charge in [-0.25, -0.2) is 0 Å². The van der Waals surface area contributed by atoms with E-state index >= 15 is 0 Å². The molecule has 7 heteroatoms. The first kappa shape index (κ1) is 19.1. The zero-order chi connectivity index (χ0) is 18.0. The van der Waals surface area contributed by atoms with Crippen LogP contribution in [-0.4, -0.2) is 16.0 Å². The van der Waals surface area contributed by atoms with Crippen molar-refractivity contribution in [1.82, 2.24) is 10.1 Å². The van der Waals surface area contributed by atoms with E-state index in [0.717, 1.165) is 25.7 Å². The lowest BCUT2D eigenvalue weighted by Crippen LogP contribution is -2.34. The first-order valence-electron chi connectivity index (χ1n) is 8.75. The van der Waals surface area contributed by atoms with Crippen LogP contribution in [0.15, 0.2) is 59.1 Å². The van der Waals surface area contributed by atoms with Gasteiger partial charge >= 0.3 is 0 Å². The van der Waals surface area contributed by atoms with Gasteiger partial charge in [-0.15, -0.1) is 12.4 Å². The smallest absolute Gasteiger partial charge is 0.260 e. The lowest BCUT2D eigenvalue weighted by molar-refractivity contribution is 0.102. The minimum absolute atomic E-state index is 0. The highest BCUT2D eigenvalue weighted by Crippen LogP contribution is 2.36. The second kappa shape index (κ2) is 7.90. The average Bonchev–Trinajstić information content (AvgIpc) is 3.33. The molecule has 0 atom stereocenters. The standard InChI is InChI=1S/C20H20N4O2.ClH/c21-20(12-6-7-13-20)19-23-18(26-24-19)15-10-4-5-11-16(15)22-17(25)14-8-2-1-3-9-14;/h1-5,8-11H,6-7,12-13,21H2,(H,22,25);1H. The van der Waals surface area contributed by atoms with Crippen molar-refractivity contribution >= 4 is 24.0 Å². The molecule has 1 aliphatic rings. The molecular weight excluding hydrogens is 364 g/mol. The SMILES string of the molecule is Cl.NC1(c2noc(-c3ccccc3NC(=O)c3ccccc3)n2)CCCC1. The Balaban J connectivity index is 0.00000210. The number of hydrogen-bond donors (Lipinski definition) is 2. The number of nitrogens with zero attached hydrogens (tertiary/aromatic N) is 2. The molecule has 1 heterocycles. The van der Waals surface area contributed by atoms with E-state index in [4.69, 9.17) is 10.3 Å². The molecule has 3 aromatic rings. The summed E-state index contributed by atoms with van der Waals surface area (Å²) >= 11 is 0. The van der Waals surface area contributed by atoms with Gasteiger partial charge in [0.05, 0.1) is 16.8 Å². The molecule has 140 valence electrons. The van der Waals surface area contributed by atoms with Gasteiger partial charge in [0.1, 0.15) is 0 Å². The van der Waals surface area contributed by atoms with E-state index in [9.17, 15) is 4.79 Å². The quantitative estimate of drug-likeness (QED) is 0.705. The van der Waals surface area contributed by atoms with E-state index < -0.39 is 5.54 Å². The fourth-order valence-corrected chi connectivity index (χ4v) is 3.33. The molecule has 0 unspecified atom stereocenters. The number of carbonyl (C=O) groups is 1. The van der Waals surface area contributed by atoms with Crippen molar-refractivity contribution in [3.63, 3.8) is 0 Å². The van der Waals surface area contributed by atoms with Crippen molar-refractivity contribution in [2.75, 3.05) is 5.32 Å². The van der Waals surface area contributed by atoms with E-state index in [1.807, 2.05) is 42.5 Å². The van der Waals surface area contributed by atoms with E-state index in [-0.39, 0.29) is 18.3 Å². The fourth-order valence-electron chi connectivity index (χ4n) is 3.33. The van der Waals surface area contributed by atoms with Crippen LogP contribution >= 0.6 is 12.4 Å². The molecule has 0 spiro atoms. The highest BCUT2D eigenvalue weighted by molar-refractivity contribution is 6.05. The number of nitrogens with one attached hydrogen (secondary N) is 1. The molecule has 1 amide bonds. The molecule has 0 saturated heterocycles. The predicted molar refractivity (Wildman–Crippen MR) is 106 cm³/mol. The van der Waals surface area contributed by atoms with Gasteiger partial charge in [0.25, 0.3) is 11.8 Å². The minimum Gasteiger partial charge on any atom is -0.334 e. The van der Waals surface area contributed by atoms with E-state index in [1.165, 1.54) is 0 Å². The molecule has 1 fully saturated rings. The van der Waals surface area contributed by atoms with Crippen LogP contribution in [0.3, 0.4) is 0 Å². The van der Waals surface area contributed by atoms with Crippen molar-refractivity contribution < 1.29 is 9.32 Å². The highest BCUT2D eigenvalue weighted by Gasteiger charge is 2.36. The Bertz CT molecular complexity index is 920. The van der Waals surface area contributed by atoms with Crippen LogP contribution in [0.5, 0.6) is 0 Å². The molecule has 4 rings (SSSR count). The summed E-state index contributed by atoms with van der Waals surface area (Å²) in [5.74, 6) is 0.707. The van der Waals surface area contributed by atoms with Crippen LogP contribution in [0.4, 0.5) is 5.69 Å². The number of hydrogen-bond acceptors (Lipinski definition) is 5. The van der Waals surface area contributed by atoms with Gasteiger partial charge in [-0.05, 0) is 37.1 Å². The lowest BCUT2D eigenvalue weighted by Gasteiger charge is -2.17. The Morgan fingerprint density at radius 3 is 2.44 bits per heavy atom. The first-order chi connectivity index (χ1) is 12.7. The van der Waals surface area contributed by atoms with Crippen molar-refractivity contribution in [1.29, 1.82) is 0 Å². The van der Waals surface area contributed by atoms with Gasteiger partial charge < -0.3 is 15.6 Å². The van der Waals surface area contributed by atoms with Crippen LogP contribution in [0, 0.1) is 0 Å². The fraction of sp³-hybridized carbons (Fsp3) is 0.250. The molecule has 27 heavy (non-hydrogen) atoms. The van der Waals surface area contributed by atoms with Crippen molar-refractivity contribution in [2.45, 2.75) is 31.2 Å². The first-order valence-corrected chi connectivity index (χ1v) is 8.75. The highest BCUT2D eigenvalue weighted by atomic mass is 35.5. The molecule has 3 N–H and O–H groups in total. The largest absolute Gasteiger partial charge is 0.334 e. The minimum atomic E-state index is -0.510. The monoisotopic (exact) mass is 384 g/mol. The third-order valence-corrected chi connectivity index (χ3v) is 4.81. The van der Waals surface area contributed by atoms with Crippen LogP contribution in [0.2, 0.25) is 0 Å². The zero-order valence-electron chi connectivity index (χ0n) is 14.7. The summed E-state index contributed by atoms with van der Waals surface area (Å²) in [7, 11) is 0. The maximum Gasteiger partial charge on any atom is 0.260 e. The molecule has 1 saturated carbocycles. The normalized spacial score (nSPS) is 15.1. The summed E-state index contributed by atoms with van der Waals surface area (Å²) in [6, 6.07) is 16.4. The Hall–Kier alpha value is -2.70. The van der Waals surface area contributed by atoms with Crippen molar-refractivity contribution in [3.05, 3.63) is 66.0 Å². The third kappa shape index (κ3) is 3.86. The Kier molecular flexibility index (Phi) is 5.58. The van der Waals surface area contributed by atoms with Crippen molar-refractivity contribution in [2.24, 2.45) is 5.73 Å². The van der Waals surface area contributed by atoms with Gasteiger partial charge in [-0.1, -0.05) is 48.3 Å². The van der Waals surface area contributed by atoms with Crippen LogP contribution in [0.1, 0.15) is 41.9 Å². The summed E-state index contributed by atoms with van der Waals surface area (Å²) in [4.78, 5) is 17.0. The van der Waals surface area contributed by atoms with Crippen molar-refractivity contribution in [3.8, 4) is 11.5 Å². The molecule has 1 aromatic heterocycles. The molecule has 0 aliphatic heterocycles. The lowest BCUT2D eigenvalue weighted by atomic mass is 9.98. The predicted octanol–water partition coefficient (Wildman–Crippen LogP) is 4.14. The van der Waals surface area contributed by atoms with Gasteiger partial charge in [0.2, 0.25) is 0 Å². The van der Waals surface area contributed by atoms with Gasteiger partial charge in [-0.3, -0.25) is 4.79 Å². The number of amides is 1. The van der Waals surface area contributed by atoms with E-state index in [0.29, 0.717) is 28.5 Å². The molecule has 0 bridgehead atoms. The summed E-state index contributed by atoms with van der Waals surface area (Å²) in [6.45, 7) is 0. The summed E-state index contributed by atoms with van der Waals surface area (Å²) in [6.07, 6.45) is 3.87. The number of para-hydroxylation sites is 1. The summed E-state index contributed by atoms with van der Waals surface area (Å²) < 4.78 is 5.46. The number of benzene rings is 2. The summed E-state index contributed by atoms with van der Waals surface area (Å²) in [5, 5.41) is 7.02. The maximum absolute atomic E-state index is 12.5. The van der Waals surface area contributed by atoms with Crippen LogP contribution < -0.4 is 11.1 Å². The van der Waals surface area contributed by atoms with E-state index in [1.54, 1.807) is 12.1 Å². The molecule has 0 radical (unpaired) electrons. The average molecular weight is 385 g/mol. The number of halogens is 1. The summed E-state index contributed by atoms with van der Waals surface area (Å²) in [5.41, 5.74) is 7.78. The third-order valence-electron chi connectivity index (χ3n) is 4.81. The number of anilines is 1. The topological polar surface area (TPSA) is 94.0 Å². The molecule has 2 aromatic carbocycles. The van der Waals surface area contributed by atoms with Crippen LogP contribution in [0.25, 0.3) is 11.5 Å². The number of rotatable bonds is 4. The second-order valence-electron chi connectivity index (χ2n) is 6.65. The zero-order valence-corrected chi connectivity index (χ0v) is 15.5. The molecular formula is C20H21ClN4O2. The van der Waals surface area contributed by atoms with Gasteiger partial charge in [0, 0.05) is 5.56 Å². The number of aromatic nitrogens is 2. The van der Waals surface area contributed by atoms with Crippen LogP contribution in [-0.2, 0) is 5.54 Å². The number of nitrogens with two attached hydrogens (primary N) is 1. The molecule has 1 aliphatic carbocycles.